The van der Waals surface area contributed by atoms with Crippen molar-refractivity contribution >= 4 is 23.2 Å². The number of carbonyl (C=O) groups is 1. The van der Waals surface area contributed by atoms with Crippen LogP contribution in [0.5, 0.6) is 5.75 Å². The van der Waals surface area contributed by atoms with Crippen LogP contribution in [-0.4, -0.2) is 19.1 Å². The zero-order valence-corrected chi connectivity index (χ0v) is 14.4. The van der Waals surface area contributed by atoms with Gasteiger partial charge in [0.05, 0.1) is 12.8 Å². The number of methoxy groups -OCH3 is 1. The smallest absolute Gasteiger partial charge is 0.243 e. The Morgan fingerprint density at radius 2 is 2.08 bits per heavy atom. The molecule has 2 aromatic carbocycles. The molecule has 5 nitrogen and oxygen atoms in total. The molecule has 24 heavy (non-hydrogen) atoms. The van der Waals surface area contributed by atoms with Crippen molar-refractivity contribution in [2.75, 3.05) is 12.4 Å². The Morgan fingerprint density at radius 3 is 2.83 bits per heavy atom. The number of halogens is 1. The molecule has 0 saturated carbocycles. The van der Waals surface area contributed by atoms with Crippen molar-refractivity contribution in [1.29, 1.82) is 0 Å². The first-order valence-corrected chi connectivity index (χ1v) is 8.16. The van der Waals surface area contributed by atoms with E-state index >= 15 is 0 Å². The SMILES string of the molecule is COc1ccc(C)cc1NC(=O)C1CC(c2cccc(Cl)c2)NN1. The topological polar surface area (TPSA) is 62.4 Å². The molecule has 2 aromatic rings. The minimum atomic E-state index is -0.334. The molecule has 0 spiro atoms. The van der Waals surface area contributed by atoms with Gasteiger partial charge in [0.25, 0.3) is 0 Å². The molecule has 2 unspecified atom stereocenters. The molecule has 126 valence electrons. The number of anilines is 1. The lowest BCUT2D eigenvalue weighted by molar-refractivity contribution is -0.117. The van der Waals surface area contributed by atoms with Gasteiger partial charge in [0.2, 0.25) is 5.91 Å². The molecule has 1 heterocycles. The lowest BCUT2D eigenvalue weighted by atomic mass is 10.0. The lowest BCUT2D eigenvalue weighted by Gasteiger charge is -2.14. The van der Waals surface area contributed by atoms with E-state index in [4.69, 9.17) is 16.3 Å². The zero-order chi connectivity index (χ0) is 17.1. The van der Waals surface area contributed by atoms with Crippen LogP contribution >= 0.6 is 11.6 Å². The van der Waals surface area contributed by atoms with Gasteiger partial charge < -0.3 is 10.1 Å². The van der Waals surface area contributed by atoms with E-state index in [2.05, 4.69) is 16.2 Å². The van der Waals surface area contributed by atoms with Crippen LogP contribution in [0.2, 0.25) is 5.02 Å². The molecule has 2 atom stereocenters. The number of rotatable bonds is 4. The Labute approximate surface area is 146 Å². The first kappa shape index (κ1) is 16.8. The van der Waals surface area contributed by atoms with E-state index in [9.17, 15) is 4.79 Å². The summed E-state index contributed by atoms with van der Waals surface area (Å²) in [5.74, 6) is 0.544. The zero-order valence-electron chi connectivity index (χ0n) is 13.6. The highest BCUT2D eigenvalue weighted by atomic mass is 35.5. The average molecular weight is 346 g/mol. The summed E-state index contributed by atoms with van der Waals surface area (Å²) in [4.78, 5) is 12.5. The highest BCUT2D eigenvalue weighted by Gasteiger charge is 2.30. The molecule has 0 aliphatic carbocycles. The average Bonchev–Trinajstić information content (AvgIpc) is 3.05. The fourth-order valence-corrected chi connectivity index (χ4v) is 3.01. The van der Waals surface area contributed by atoms with Gasteiger partial charge in [-0.15, -0.1) is 0 Å². The number of hydrazine groups is 1. The molecule has 1 fully saturated rings. The molecule has 0 aromatic heterocycles. The third-order valence-corrected chi connectivity index (χ3v) is 4.32. The maximum Gasteiger partial charge on any atom is 0.243 e. The fraction of sp³-hybridized carbons (Fsp3) is 0.278. The molecule has 1 aliphatic rings. The van der Waals surface area contributed by atoms with Gasteiger partial charge >= 0.3 is 0 Å². The molecule has 0 radical (unpaired) electrons. The molecular weight excluding hydrogens is 326 g/mol. The summed E-state index contributed by atoms with van der Waals surface area (Å²) in [6.45, 7) is 1.97. The highest BCUT2D eigenvalue weighted by Crippen LogP contribution is 2.28. The van der Waals surface area contributed by atoms with Crippen molar-refractivity contribution in [3.05, 3.63) is 58.6 Å². The summed E-state index contributed by atoms with van der Waals surface area (Å²) in [6.07, 6.45) is 0.639. The van der Waals surface area contributed by atoms with Gasteiger partial charge in [-0.3, -0.25) is 4.79 Å². The normalized spacial score (nSPS) is 20.0. The first-order chi connectivity index (χ1) is 11.6. The minimum Gasteiger partial charge on any atom is -0.495 e. The van der Waals surface area contributed by atoms with Crippen LogP contribution < -0.4 is 20.9 Å². The summed E-state index contributed by atoms with van der Waals surface area (Å²) in [5, 5.41) is 3.62. The monoisotopic (exact) mass is 345 g/mol. The Bertz CT molecular complexity index is 751. The van der Waals surface area contributed by atoms with Gasteiger partial charge in [0.15, 0.2) is 0 Å². The van der Waals surface area contributed by atoms with Crippen LogP contribution in [0, 0.1) is 6.92 Å². The Balaban J connectivity index is 1.68. The maximum absolute atomic E-state index is 12.5. The van der Waals surface area contributed by atoms with Gasteiger partial charge in [-0.1, -0.05) is 29.8 Å². The van der Waals surface area contributed by atoms with E-state index in [1.807, 2.05) is 49.4 Å². The van der Waals surface area contributed by atoms with Crippen LogP contribution in [0.1, 0.15) is 23.6 Å². The molecule has 1 amide bonds. The Morgan fingerprint density at radius 1 is 1.25 bits per heavy atom. The van der Waals surface area contributed by atoms with Crippen LogP contribution in [0.4, 0.5) is 5.69 Å². The fourth-order valence-electron chi connectivity index (χ4n) is 2.81. The number of amides is 1. The molecular formula is C18H20ClN3O2. The summed E-state index contributed by atoms with van der Waals surface area (Å²) in [7, 11) is 1.59. The van der Waals surface area contributed by atoms with Crippen molar-refractivity contribution in [1.82, 2.24) is 10.9 Å². The Hall–Kier alpha value is -2.08. The van der Waals surface area contributed by atoms with Crippen LogP contribution in [-0.2, 0) is 4.79 Å². The van der Waals surface area contributed by atoms with Crippen molar-refractivity contribution in [2.45, 2.75) is 25.4 Å². The Kier molecular flexibility index (Phi) is 5.04. The summed E-state index contributed by atoms with van der Waals surface area (Å²) in [5.41, 5.74) is 8.99. The van der Waals surface area contributed by atoms with Crippen molar-refractivity contribution in [2.24, 2.45) is 0 Å². The number of nitrogens with one attached hydrogen (secondary N) is 3. The number of hydrogen-bond donors (Lipinski definition) is 3. The van der Waals surface area contributed by atoms with Crippen LogP contribution in [0.15, 0.2) is 42.5 Å². The predicted molar refractivity (Wildman–Crippen MR) is 95.2 cm³/mol. The van der Waals surface area contributed by atoms with Crippen molar-refractivity contribution in [3.8, 4) is 5.75 Å². The first-order valence-electron chi connectivity index (χ1n) is 7.79. The molecule has 0 bridgehead atoms. The maximum atomic E-state index is 12.5. The van der Waals surface area contributed by atoms with Gasteiger partial charge in [-0.05, 0) is 48.7 Å². The lowest BCUT2D eigenvalue weighted by Crippen LogP contribution is -2.39. The number of hydrogen-bond acceptors (Lipinski definition) is 4. The van der Waals surface area contributed by atoms with Crippen LogP contribution in [0.25, 0.3) is 0 Å². The van der Waals surface area contributed by atoms with E-state index in [1.54, 1.807) is 7.11 Å². The largest absolute Gasteiger partial charge is 0.495 e. The second-order valence-electron chi connectivity index (χ2n) is 5.88. The molecule has 3 N–H and O–H groups in total. The van der Waals surface area contributed by atoms with Gasteiger partial charge in [-0.25, -0.2) is 10.9 Å². The van der Waals surface area contributed by atoms with Crippen molar-refractivity contribution < 1.29 is 9.53 Å². The van der Waals surface area contributed by atoms with E-state index in [1.165, 1.54) is 0 Å². The number of benzene rings is 2. The van der Waals surface area contributed by atoms with E-state index in [0.717, 1.165) is 11.1 Å². The van der Waals surface area contributed by atoms with E-state index < -0.39 is 0 Å². The van der Waals surface area contributed by atoms with E-state index in [-0.39, 0.29) is 18.0 Å². The van der Waals surface area contributed by atoms with Gasteiger partial charge in [0, 0.05) is 11.1 Å². The molecule has 1 aliphatic heterocycles. The molecule has 6 heteroatoms. The predicted octanol–water partition coefficient (Wildman–Crippen LogP) is 3.20. The number of carbonyl (C=O) groups excluding carboxylic acids is 1. The number of ether oxygens (including phenoxy) is 1. The molecule has 3 rings (SSSR count). The summed E-state index contributed by atoms with van der Waals surface area (Å²) in [6, 6.07) is 13.0. The summed E-state index contributed by atoms with van der Waals surface area (Å²) >= 11 is 6.04. The third-order valence-electron chi connectivity index (χ3n) is 4.08. The van der Waals surface area contributed by atoms with Crippen molar-refractivity contribution in [3.63, 3.8) is 0 Å². The van der Waals surface area contributed by atoms with Gasteiger partial charge in [-0.2, -0.15) is 0 Å². The standard InChI is InChI=1S/C18H20ClN3O2/c1-11-6-7-17(24-2)15(8-11)20-18(23)16-10-14(21-22-16)12-4-3-5-13(19)9-12/h3-9,14,16,21-22H,10H2,1-2H3,(H,20,23). The van der Waals surface area contributed by atoms with E-state index in [0.29, 0.717) is 22.9 Å². The van der Waals surface area contributed by atoms with Crippen LogP contribution in [0.3, 0.4) is 0 Å². The number of aryl methyl sites for hydroxylation is 1. The van der Waals surface area contributed by atoms with Gasteiger partial charge in [0.1, 0.15) is 11.8 Å². The quantitative estimate of drug-likeness (QED) is 0.796. The second-order valence-corrected chi connectivity index (χ2v) is 6.31. The minimum absolute atomic E-state index is 0.0406. The molecule has 1 saturated heterocycles. The highest BCUT2D eigenvalue weighted by molar-refractivity contribution is 6.30. The third kappa shape index (κ3) is 3.70. The summed E-state index contributed by atoms with van der Waals surface area (Å²) < 4.78 is 5.30. The second kappa shape index (κ2) is 7.21.